The number of aromatic nitrogens is 1. The van der Waals surface area contributed by atoms with Gasteiger partial charge in [-0.1, -0.05) is 12.1 Å². The van der Waals surface area contributed by atoms with Crippen molar-refractivity contribution in [2.75, 3.05) is 34.3 Å². The fraction of sp³-hybridized carbons (Fsp3) is 0.450. The number of benzene rings is 1. The van der Waals surface area contributed by atoms with E-state index in [4.69, 9.17) is 4.74 Å². The number of guanidine groups is 1. The highest BCUT2D eigenvalue weighted by Gasteiger charge is 2.06. The summed E-state index contributed by atoms with van der Waals surface area (Å²) in [7, 11) is 5.17. The third kappa shape index (κ3) is 8.57. The van der Waals surface area contributed by atoms with Crippen LogP contribution in [0.1, 0.15) is 21.1 Å². The number of nitrogens with one attached hydrogen (secondary N) is 2. The van der Waals surface area contributed by atoms with E-state index in [9.17, 15) is 4.79 Å². The third-order valence-electron chi connectivity index (χ3n) is 4.15. The molecule has 0 aliphatic carbocycles. The number of carbonyl (C=O) groups is 1. The molecule has 2 N–H and O–H groups in total. The van der Waals surface area contributed by atoms with Crippen molar-refractivity contribution < 1.29 is 9.53 Å². The summed E-state index contributed by atoms with van der Waals surface area (Å²) in [4.78, 5) is 23.2. The molecule has 7 nitrogen and oxygen atoms in total. The second-order valence-corrected chi connectivity index (χ2v) is 7.86. The summed E-state index contributed by atoms with van der Waals surface area (Å²) < 4.78 is 5.56. The molecule has 1 aromatic heterocycles. The zero-order chi connectivity index (χ0) is 20.5. The Kier molecular flexibility index (Phi) is 11.0. The molecule has 0 saturated carbocycles. The number of nitrogens with zero attached hydrogens (tertiary/aromatic N) is 3. The molecule has 0 saturated heterocycles. The van der Waals surface area contributed by atoms with Crippen LogP contribution in [-0.4, -0.2) is 56.0 Å². The molecular weight excluding hydrogens is 501 g/mol. The Labute approximate surface area is 194 Å². The molecule has 0 spiro atoms. The van der Waals surface area contributed by atoms with E-state index < -0.39 is 0 Å². The van der Waals surface area contributed by atoms with Gasteiger partial charge in [-0.15, -0.1) is 35.3 Å². The van der Waals surface area contributed by atoms with Crippen molar-refractivity contribution in [3.8, 4) is 5.75 Å². The standard InChI is InChI=1S/C20H29N5O2S.HI/c1-14-15(2)28-18(24-14)9-10-22-20(21-3)23-12-16-7-6-8-17(11-16)27-13-19(26)25(4)5;/h6-8,11H,9-10,12-13H2,1-5H3,(H2,21,22,23);1H. The molecule has 0 radical (unpaired) electrons. The maximum atomic E-state index is 11.6. The summed E-state index contributed by atoms with van der Waals surface area (Å²) in [6.45, 7) is 5.54. The Morgan fingerprint density at radius 2 is 2.03 bits per heavy atom. The molecule has 2 rings (SSSR count). The highest BCUT2D eigenvalue weighted by molar-refractivity contribution is 14.0. The van der Waals surface area contributed by atoms with Crippen molar-refractivity contribution >= 4 is 47.2 Å². The van der Waals surface area contributed by atoms with E-state index in [1.165, 1.54) is 9.78 Å². The van der Waals surface area contributed by atoms with Gasteiger partial charge in [-0.25, -0.2) is 4.98 Å². The molecule has 0 bridgehead atoms. The highest BCUT2D eigenvalue weighted by atomic mass is 127. The Bertz CT molecular complexity index is 803. The first-order valence-corrected chi connectivity index (χ1v) is 10.00. The van der Waals surface area contributed by atoms with E-state index in [1.807, 2.05) is 31.2 Å². The van der Waals surface area contributed by atoms with Crippen LogP contribution in [0.3, 0.4) is 0 Å². The van der Waals surface area contributed by atoms with Crippen molar-refractivity contribution in [3.63, 3.8) is 0 Å². The number of likely N-dealkylation sites (N-methyl/N-ethyl adjacent to an activating group) is 1. The lowest BCUT2D eigenvalue weighted by molar-refractivity contribution is -0.130. The minimum Gasteiger partial charge on any atom is -0.484 e. The van der Waals surface area contributed by atoms with Crippen molar-refractivity contribution in [1.82, 2.24) is 20.5 Å². The minimum absolute atomic E-state index is 0. The number of aryl methyl sites for hydroxylation is 2. The Balaban J connectivity index is 0.00000420. The van der Waals surface area contributed by atoms with E-state index in [-0.39, 0.29) is 36.5 Å². The lowest BCUT2D eigenvalue weighted by atomic mass is 10.2. The van der Waals surface area contributed by atoms with Gasteiger partial charge < -0.3 is 20.3 Å². The molecule has 0 fully saturated rings. The molecule has 9 heteroatoms. The normalized spacial score (nSPS) is 10.9. The zero-order valence-electron chi connectivity index (χ0n) is 17.6. The predicted molar refractivity (Wildman–Crippen MR) is 130 cm³/mol. The van der Waals surface area contributed by atoms with Gasteiger partial charge in [0.05, 0.1) is 10.7 Å². The van der Waals surface area contributed by atoms with Gasteiger partial charge in [0.2, 0.25) is 0 Å². The monoisotopic (exact) mass is 531 g/mol. The quantitative estimate of drug-likeness (QED) is 0.311. The molecule has 29 heavy (non-hydrogen) atoms. The van der Waals surface area contributed by atoms with Crippen molar-refractivity contribution in [2.24, 2.45) is 4.99 Å². The van der Waals surface area contributed by atoms with Crippen LogP contribution in [0.15, 0.2) is 29.3 Å². The van der Waals surface area contributed by atoms with E-state index in [1.54, 1.807) is 32.5 Å². The third-order valence-corrected chi connectivity index (χ3v) is 5.28. The number of ether oxygens (including phenoxy) is 1. The fourth-order valence-corrected chi connectivity index (χ4v) is 3.29. The zero-order valence-corrected chi connectivity index (χ0v) is 20.8. The second kappa shape index (κ2) is 12.6. The number of rotatable bonds is 8. The average Bonchev–Trinajstić information content (AvgIpc) is 3.00. The summed E-state index contributed by atoms with van der Waals surface area (Å²) in [6, 6.07) is 7.68. The lowest BCUT2D eigenvalue weighted by Crippen LogP contribution is -2.37. The van der Waals surface area contributed by atoms with E-state index in [0.717, 1.165) is 35.2 Å². The molecule has 160 valence electrons. The minimum atomic E-state index is -0.0706. The SMILES string of the molecule is CN=C(NCCc1nc(C)c(C)s1)NCc1cccc(OCC(=O)N(C)C)c1.I. The van der Waals surface area contributed by atoms with Gasteiger partial charge in [0.1, 0.15) is 5.75 Å². The first kappa shape index (κ1) is 25.2. The summed E-state index contributed by atoms with van der Waals surface area (Å²) in [5.41, 5.74) is 2.15. The van der Waals surface area contributed by atoms with Crippen LogP contribution >= 0.6 is 35.3 Å². The average molecular weight is 531 g/mol. The van der Waals surface area contributed by atoms with Crippen LogP contribution in [0, 0.1) is 13.8 Å². The molecule has 1 heterocycles. The van der Waals surface area contributed by atoms with Gasteiger partial charge in [0, 0.05) is 45.5 Å². The van der Waals surface area contributed by atoms with Crippen LogP contribution in [0.2, 0.25) is 0 Å². The molecule has 0 aliphatic rings. The largest absolute Gasteiger partial charge is 0.484 e. The molecule has 2 aromatic rings. The summed E-state index contributed by atoms with van der Waals surface area (Å²) in [5.74, 6) is 1.34. The smallest absolute Gasteiger partial charge is 0.259 e. The van der Waals surface area contributed by atoms with Gasteiger partial charge in [-0.3, -0.25) is 9.79 Å². The number of carbonyl (C=O) groups excluding carboxylic acids is 1. The number of amides is 1. The van der Waals surface area contributed by atoms with E-state index >= 15 is 0 Å². The summed E-state index contributed by atoms with van der Waals surface area (Å²) >= 11 is 1.74. The fourth-order valence-electron chi connectivity index (χ4n) is 2.36. The predicted octanol–water partition coefficient (Wildman–Crippen LogP) is 2.75. The number of halogens is 1. The second-order valence-electron chi connectivity index (χ2n) is 6.58. The number of thiazole rings is 1. The molecule has 1 aromatic carbocycles. The highest BCUT2D eigenvalue weighted by Crippen LogP contribution is 2.16. The maximum Gasteiger partial charge on any atom is 0.259 e. The van der Waals surface area contributed by atoms with E-state index in [2.05, 4.69) is 27.5 Å². The Morgan fingerprint density at radius 3 is 2.66 bits per heavy atom. The summed E-state index contributed by atoms with van der Waals surface area (Å²) in [6.07, 6.45) is 0.864. The lowest BCUT2D eigenvalue weighted by Gasteiger charge is -2.13. The van der Waals surface area contributed by atoms with Crippen LogP contribution in [0.4, 0.5) is 0 Å². The Hall–Kier alpha value is -1.88. The van der Waals surface area contributed by atoms with Crippen LogP contribution < -0.4 is 15.4 Å². The van der Waals surface area contributed by atoms with Crippen LogP contribution in [0.25, 0.3) is 0 Å². The summed E-state index contributed by atoms with van der Waals surface area (Å²) in [5, 5.41) is 7.73. The van der Waals surface area contributed by atoms with Crippen molar-refractivity contribution in [1.29, 1.82) is 0 Å². The Morgan fingerprint density at radius 1 is 1.28 bits per heavy atom. The van der Waals surface area contributed by atoms with Gasteiger partial charge in [0.15, 0.2) is 12.6 Å². The van der Waals surface area contributed by atoms with Gasteiger partial charge in [0.25, 0.3) is 5.91 Å². The first-order valence-electron chi connectivity index (χ1n) is 9.18. The molecular formula is C20H30IN5O2S. The number of hydrogen-bond acceptors (Lipinski definition) is 5. The molecule has 0 atom stereocenters. The number of hydrogen-bond donors (Lipinski definition) is 2. The first-order chi connectivity index (χ1) is 13.4. The topological polar surface area (TPSA) is 78.9 Å². The molecule has 0 unspecified atom stereocenters. The molecule has 0 aliphatic heterocycles. The van der Waals surface area contributed by atoms with Crippen molar-refractivity contribution in [3.05, 3.63) is 45.4 Å². The number of aliphatic imine (C=N–C) groups is 1. The van der Waals surface area contributed by atoms with Crippen molar-refractivity contribution in [2.45, 2.75) is 26.8 Å². The van der Waals surface area contributed by atoms with Gasteiger partial charge in [-0.05, 0) is 31.5 Å². The van der Waals surface area contributed by atoms with Crippen LogP contribution in [0.5, 0.6) is 5.75 Å². The van der Waals surface area contributed by atoms with Gasteiger partial charge >= 0.3 is 0 Å². The van der Waals surface area contributed by atoms with E-state index in [0.29, 0.717) is 12.3 Å². The molecule has 1 amide bonds. The maximum absolute atomic E-state index is 11.6. The van der Waals surface area contributed by atoms with Crippen LogP contribution in [-0.2, 0) is 17.8 Å². The van der Waals surface area contributed by atoms with Gasteiger partial charge in [-0.2, -0.15) is 0 Å².